The highest BCUT2D eigenvalue weighted by molar-refractivity contribution is 5.81. The quantitative estimate of drug-likeness (QED) is 0.382. The molecule has 0 aromatic heterocycles. The van der Waals surface area contributed by atoms with Crippen LogP contribution in [-0.4, -0.2) is 18.0 Å². The molecule has 2 fully saturated rings. The van der Waals surface area contributed by atoms with Gasteiger partial charge in [0, 0.05) is 12.1 Å². The lowest BCUT2D eigenvalue weighted by atomic mass is 9.70. The first kappa shape index (κ1) is 22.0. The first-order chi connectivity index (χ1) is 14.5. The van der Waals surface area contributed by atoms with Gasteiger partial charge < -0.3 is 9.47 Å². The molecule has 6 heteroatoms. The second-order valence-corrected chi connectivity index (χ2v) is 8.26. The zero-order chi connectivity index (χ0) is 21.5. The zero-order valence-corrected chi connectivity index (χ0v) is 17.3. The van der Waals surface area contributed by atoms with Gasteiger partial charge in [-0.15, -0.1) is 0 Å². The largest absolute Gasteiger partial charge is 0.459 e. The van der Waals surface area contributed by atoms with Gasteiger partial charge in [-0.1, -0.05) is 6.08 Å². The van der Waals surface area contributed by atoms with Crippen molar-refractivity contribution in [3.8, 4) is 11.8 Å². The molecule has 2 aliphatic rings. The van der Waals surface area contributed by atoms with Crippen LogP contribution in [-0.2, 0) is 14.3 Å². The number of carbonyl (C=O) groups is 2. The van der Waals surface area contributed by atoms with Crippen LogP contribution in [0.1, 0.15) is 63.9 Å². The summed E-state index contributed by atoms with van der Waals surface area (Å²) in [5, 5.41) is 8.78. The molecule has 0 heterocycles. The Labute approximate surface area is 176 Å². The molecule has 0 unspecified atom stereocenters. The number of nitriles is 1. The van der Waals surface area contributed by atoms with Crippen LogP contribution in [0.5, 0.6) is 5.75 Å². The van der Waals surface area contributed by atoms with Crippen molar-refractivity contribution in [3.63, 3.8) is 0 Å². The first-order valence-electron chi connectivity index (χ1n) is 10.7. The van der Waals surface area contributed by atoms with Gasteiger partial charge in [0.05, 0.1) is 11.5 Å². The lowest BCUT2D eigenvalue weighted by Crippen LogP contribution is -2.31. The van der Waals surface area contributed by atoms with Crippen molar-refractivity contribution >= 4 is 11.9 Å². The van der Waals surface area contributed by atoms with Crippen LogP contribution in [0.3, 0.4) is 0 Å². The minimum absolute atomic E-state index is 0.0177. The van der Waals surface area contributed by atoms with E-state index < -0.39 is 5.82 Å². The fourth-order valence-electron chi connectivity index (χ4n) is 4.69. The molecule has 5 nitrogen and oxygen atoms in total. The summed E-state index contributed by atoms with van der Waals surface area (Å²) in [6.45, 7) is 1.80. The topological polar surface area (TPSA) is 76.4 Å². The van der Waals surface area contributed by atoms with Crippen LogP contribution in [0.4, 0.5) is 4.39 Å². The van der Waals surface area contributed by atoms with E-state index in [9.17, 15) is 14.0 Å². The third-order valence-corrected chi connectivity index (χ3v) is 6.36. The average molecular weight is 413 g/mol. The van der Waals surface area contributed by atoms with E-state index in [0.717, 1.165) is 57.4 Å². The number of hydrogen-bond acceptors (Lipinski definition) is 5. The molecular formula is C24H28FNO4. The van der Waals surface area contributed by atoms with Crippen LogP contribution in [0.15, 0.2) is 30.4 Å². The molecule has 0 atom stereocenters. The third-order valence-electron chi connectivity index (χ3n) is 6.36. The Balaban J connectivity index is 1.43. The Bertz CT molecular complexity index is 828. The molecule has 2 aliphatic carbocycles. The summed E-state index contributed by atoms with van der Waals surface area (Å²) in [6.07, 6.45) is 10.6. The molecular weight excluding hydrogens is 385 g/mol. The van der Waals surface area contributed by atoms with Crippen LogP contribution in [0.25, 0.3) is 0 Å². The second kappa shape index (κ2) is 10.4. The van der Waals surface area contributed by atoms with E-state index >= 15 is 0 Å². The SMILES string of the molecule is C/C=C/C(=O)O[C@H]1CC[C@H]([C@H]2CC[C@H](C(=O)Oc3ccc(C#N)c(F)c3)CC2)CC1. The number of carbonyl (C=O) groups excluding carboxylic acids is 2. The minimum atomic E-state index is -0.682. The van der Waals surface area contributed by atoms with Gasteiger partial charge in [-0.05, 0) is 82.3 Å². The molecule has 1 aromatic rings. The number of hydrogen-bond donors (Lipinski definition) is 0. The van der Waals surface area contributed by atoms with Gasteiger partial charge in [0.15, 0.2) is 0 Å². The molecule has 0 aliphatic heterocycles. The van der Waals surface area contributed by atoms with Crippen molar-refractivity contribution < 1.29 is 23.5 Å². The zero-order valence-electron chi connectivity index (χ0n) is 17.3. The summed E-state index contributed by atoms with van der Waals surface area (Å²) in [5.74, 6) is -0.0832. The summed E-state index contributed by atoms with van der Waals surface area (Å²) >= 11 is 0. The van der Waals surface area contributed by atoms with E-state index in [4.69, 9.17) is 14.7 Å². The normalized spacial score (nSPS) is 26.7. The standard InChI is InChI=1S/C24H28FNO4/c1-2-3-23(27)29-20-11-8-17(9-12-20)16-4-6-18(7-5-16)24(28)30-21-13-10-19(15-26)22(25)14-21/h2-3,10,13-14,16-18,20H,4-9,11-12H2,1H3/b3-2+/t16-,17-,18-,20-. The number of allylic oxidation sites excluding steroid dienone is 1. The van der Waals surface area contributed by atoms with Crippen LogP contribution in [0, 0.1) is 34.9 Å². The van der Waals surface area contributed by atoms with Gasteiger partial charge in [-0.2, -0.15) is 5.26 Å². The van der Waals surface area contributed by atoms with Gasteiger partial charge >= 0.3 is 11.9 Å². The van der Waals surface area contributed by atoms with Crippen molar-refractivity contribution in [3.05, 3.63) is 41.7 Å². The number of nitrogens with zero attached hydrogens (tertiary/aromatic N) is 1. The van der Waals surface area contributed by atoms with Crippen molar-refractivity contribution in [1.29, 1.82) is 5.26 Å². The van der Waals surface area contributed by atoms with Crippen molar-refractivity contribution in [2.45, 2.75) is 64.4 Å². The maximum Gasteiger partial charge on any atom is 0.330 e. The highest BCUT2D eigenvalue weighted by Crippen LogP contribution is 2.41. The average Bonchev–Trinajstić information content (AvgIpc) is 2.75. The molecule has 0 spiro atoms. The summed E-state index contributed by atoms with van der Waals surface area (Å²) in [5.41, 5.74) is -0.0679. The van der Waals surface area contributed by atoms with E-state index in [2.05, 4.69) is 0 Å². The lowest BCUT2D eigenvalue weighted by molar-refractivity contribution is -0.145. The Morgan fingerprint density at radius 3 is 2.27 bits per heavy atom. The van der Waals surface area contributed by atoms with Crippen LogP contribution >= 0.6 is 0 Å². The maximum absolute atomic E-state index is 13.7. The number of ether oxygens (including phenoxy) is 2. The number of esters is 2. The van der Waals surface area contributed by atoms with Crippen LogP contribution in [0.2, 0.25) is 0 Å². The molecule has 160 valence electrons. The predicted octanol–water partition coefficient (Wildman–Crippen LogP) is 5.09. The Morgan fingerprint density at radius 2 is 1.70 bits per heavy atom. The van der Waals surface area contributed by atoms with Gasteiger partial charge in [0.2, 0.25) is 0 Å². The molecule has 3 rings (SSSR count). The van der Waals surface area contributed by atoms with E-state index in [-0.39, 0.29) is 35.3 Å². The molecule has 2 saturated carbocycles. The van der Waals surface area contributed by atoms with Crippen molar-refractivity contribution in [2.24, 2.45) is 17.8 Å². The smallest absolute Gasteiger partial charge is 0.330 e. The maximum atomic E-state index is 13.7. The number of rotatable bonds is 5. The van der Waals surface area contributed by atoms with Gasteiger partial charge in [0.1, 0.15) is 23.7 Å². The lowest BCUT2D eigenvalue weighted by Gasteiger charge is -2.37. The van der Waals surface area contributed by atoms with Gasteiger partial charge in [-0.3, -0.25) is 4.79 Å². The predicted molar refractivity (Wildman–Crippen MR) is 109 cm³/mol. The van der Waals surface area contributed by atoms with E-state index in [1.807, 2.05) is 0 Å². The monoisotopic (exact) mass is 413 g/mol. The number of benzene rings is 1. The van der Waals surface area contributed by atoms with Gasteiger partial charge in [-0.25, -0.2) is 9.18 Å². The first-order valence-corrected chi connectivity index (χ1v) is 10.7. The fourth-order valence-corrected chi connectivity index (χ4v) is 4.69. The molecule has 0 N–H and O–H groups in total. The van der Waals surface area contributed by atoms with Crippen molar-refractivity contribution in [2.75, 3.05) is 0 Å². The molecule has 1 aromatic carbocycles. The second-order valence-electron chi connectivity index (χ2n) is 8.26. The third kappa shape index (κ3) is 5.69. The summed E-state index contributed by atoms with van der Waals surface area (Å²) in [6, 6.07) is 5.61. The Hall–Kier alpha value is -2.68. The van der Waals surface area contributed by atoms with E-state index in [0.29, 0.717) is 11.8 Å². The van der Waals surface area contributed by atoms with E-state index in [1.165, 1.54) is 18.2 Å². The van der Waals surface area contributed by atoms with E-state index in [1.54, 1.807) is 19.1 Å². The molecule has 0 bridgehead atoms. The van der Waals surface area contributed by atoms with Crippen LogP contribution < -0.4 is 4.74 Å². The molecule has 0 amide bonds. The Morgan fingerprint density at radius 1 is 1.07 bits per heavy atom. The Kier molecular flexibility index (Phi) is 7.62. The van der Waals surface area contributed by atoms with Gasteiger partial charge in [0.25, 0.3) is 0 Å². The summed E-state index contributed by atoms with van der Waals surface area (Å²) in [4.78, 5) is 24.0. The summed E-state index contributed by atoms with van der Waals surface area (Å²) in [7, 11) is 0. The number of halogens is 1. The fraction of sp³-hybridized carbons (Fsp3) is 0.542. The molecule has 30 heavy (non-hydrogen) atoms. The summed E-state index contributed by atoms with van der Waals surface area (Å²) < 4.78 is 24.5. The highest BCUT2D eigenvalue weighted by atomic mass is 19.1. The van der Waals surface area contributed by atoms with Crippen molar-refractivity contribution in [1.82, 2.24) is 0 Å². The molecule has 0 radical (unpaired) electrons. The molecule has 0 saturated heterocycles. The minimum Gasteiger partial charge on any atom is -0.459 e. The highest BCUT2D eigenvalue weighted by Gasteiger charge is 2.34.